The second kappa shape index (κ2) is 1.87. The lowest BCUT2D eigenvalue weighted by molar-refractivity contribution is 0.290. The first-order valence-electron chi connectivity index (χ1n) is 4.43. The maximum absolute atomic E-state index is 2.48. The van der Waals surface area contributed by atoms with Gasteiger partial charge in [-0.25, -0.2) is 0 Å². The summed E-state index contributed by atoms with van der Waals surface area (Å²) in [7, 11) is 0. The first-order valence-corrected chi connectivity index (χ1v) is 4.43. The predicted molar refractivity (Wildman–Crippen MR) is 43.8 cm³/mol. The van der Waals surface area contributed by atoms with Gasteiger partial charge in [-0.15, -0.1) is 0 Å². The van der Waals surface area contributed by atoms with Crippen LogP contribution >= 0.6 is 0 Å². The molecule has 0 heteroatoms. The van der Waals surface area contributed by atoms with Crippen LogP contribution < -0.4 is 0 Å². The molecular weight excluding hydrogens is 120 g/mol. The van der Waals surface area contributed by atoms with Gasteiger partial charge in [0.05, 0.1) is 0 Å². The van der Waals surface area contributed by atoms with E-state index in [1.165, 1.54) is 25.7 Å². The Hall–Kier alpha value is -0.260. The fourth-order valence-electron chi connectivity index (χ4n) is 2.57. The normalized spacial score (nSPS) is 45.4. The molecule has 0 amide bonds. The summed E-state index contributed by atoms with van der Waals surface area (Å²) in [4.78, 5) is 0. The molecule has 2 aliphatic rings. The molecule has 0 heterocycles. The smallest absolute Gasteiger partial charge is 0.00877 e. The molecule has 0 radical (unpaired) electrons. The second-order valence-electron chi connectivity index (χ2n) is 4.14. The zero-order valence-corrected chi connectivity index (χ0v) is 6.98. The van der Waals surface area contributed by atoms with Gasteiger partial charge in [-0.05, 0) is 37.0 Å². The molecular formula is C10H16. The number of rotatable bonds is 0. The third-order valence-electron chi connectivity index (χ3n) is 3.68. The highest BCUT2D eigenvalue weighted by atomic mass is 14.5. The minimum atomic E-state index is 0.625. The van der Waals surface area contributed by atoms with E-state index in [0.717, 1.165) is 5.92 Å². The Balaban J connectivity index is 2.33. The molecule has 56 valence electrons. The molecule has 0 spiro atoms. The molecule has 0 N–H and O–H groups in total. The maximum Gasteiger partial charge on any atom is -0.00877 e. The van der Waals surface area contributed by atoms with Crippen LogP contribution in [-0.4, -0.2) is 0 Å². The van der Waals surface area contributed by atoms with Crippen molar-refractivity contribution in [2.75, 3.05) is 0 Å². The molecule has 1 fully saturated rings. The Labute approximate surface area is 63.3 Å². The largest absolute Gasteiger partial charge is 0.0845 e. The molecule has 2 atom stereocenters. The zero-order chi connectivity index (χ0) is 7.19. The molecule has 10 heavy (non-hydrogen) atoms. The van der Waals surface area contributed by atoms with E-state index in [2.05, 4.69) is 19.9 Å². The van der Waals surface area contributed by atoms with E-state index in [0.29, 0.717) is 5.41 Å². The van der Waals surface area contributed by atoms with Crippen molar-refractivity contribution in [1.82, 2.24) is 0 Å². The summed E-state index contributed by atoms with van der Waals surface area (Å²) in [6, 6.07) is 0. The lowest BCUT2D eigenvalue weighted by atomic mass is 9.78. The first-order chi connectivity index (χ1) is 4.73. The van der Waals surface area contributed by atoms with Crippen molar-refractivity contribution in [3.05, 3.63) is 11.6 Å². The summed E-state index contributed by atoms with van der Waals surface area (Å²) in [5.74, 6) is 0.921. The van der Waals surface area contributed by atoms with E-state index < -0.39 is 0 Å². The van der Waals surface area contributed by atoms with Crippen LogP contribution in [0.25, 0.3) is 0 Å². The molecule has 2 aliphatic carbocycles. The second-order valence-corrected chi connectivity index (χ2v) is 4.14. The van der Waals surface area contributed by atoms with Crippen LogP contribution in [-0.2, 0) is 0 Å². The van der Waals surface area contributed by atoms with Crippen molar-refractivity contribution >= 4 is 0 Å². The van der Waals surface area contributed by atoms with Gasteiger partial charge in [0.1, 0.15) is 0 Å². The van der Waals surface area contributed by atoms with Crippen molar-refractivity contribution in [2.45, 2.75) is 39.5 Å². The highest BCUT2D eigenvalue weighted by molar-refractivity contribution is 5.24. The van der Waals surface area contributed by atoms with Crippen LogP contribution in [0.2, 0.25) is 0 Å². The summed E-state index contributed by atoms with van der Waals surface area (Å²) in [6.45, 7) is 4.85. The van der Waals surface area contributed by atoms with Crippen LogP contribution in [0.3, 0.4) is 0 Å². The quantitative estimate of drug-likeness (QED) is 0.449. The number of hydrogen-bond acceptors (Lipinski definition) is 0. The Morgan fingerprint density at radius 2 is 2.40 bits per heavy atom. The van der Waals surface area contributed by atoms with Gasteiger partial charge in [0.2, 0.25) is 0 Å². The molecule has 0 saturated heterocycles. The van der Waals surface area contributed by atoms with Crippen molar-refractivity contribution in [2.24, 2.45) is 11.3 Å². The van der Waals surface area contributed by atoms with Crippen LogP contribution in [0.4, 0.5) is 0 Å². The van der Waals surface area contributed by atoms with Gasteiger partial charge < -0.3 is 0 Å². The summed E-state index contributed by atoms with van der Waals surface area (Å²) in [5.41, 5.74) is 2.39. The third-order valence-corrected chi connectivity index (χ3v) is 3.68. The van der Waals surface area contributed by atoms with Crippen molar-refractivity contribution in [3.63, 3.8) is 0 Å². The SMILES string of the molecule is C[C@@H]1CC=C2CCC[C@]21C. The standard InChI is InChI=1S/C10H16/c1-8-5-6-9-4-3-7-10(8,9)2/h6,8H,3-5,7H2,1-2H3/t8-,10+/m1/s1. The molecule has 0 aromatic carbocycles. The van der Waals surface area contributed by atoms with Crippen LogP contribution in [0.15, 0.2) is 11.6 Å². The van der Waals surface area contributed by atoms with Gasteiger partial charge in [0.25, 0.3) is 0 Å². The lowest BCUT2D eigenvalue weighted by Gasteiger charge is -2.26. The highest BCUT2D eigenvalue weighted by Gasteiger charge is 2.41. The van der Waals surface area contributed by atoms with Gasteiger partial charge >= 0.3 is 0 Å². The Bertz CT molecular complexity index is 178. The molecule has 0 bridgehead atoms. The molecule has 1 saturated carbocycles. The summed E-state index contributed by atoms with van der Waals surface area (Å²) < 4.78 is 0. The molecule has 2 rings (SSSR count). The molecule has 0 nitrogen and oxygen atoms in total. The highest BCUT2D eigenvalue weighted by Crippen LogP contribution is 2.53. The minimum absolute atomic E-state index is 0.625. The number of fused-ring (bicyclic) bond motifs is 1. The maximum atomic E-state index is 2.48. The summed E-state index contributed by atoms with van der Waals surface area (Å²) in [6.07, 6.45) is 8.09. The Morgan fingerprint density at radius 3 is 3.10 bits per heavy atom. The van der Waals surface area contributed by atoms with E-state index in [4.69, 9.17) is 0 Å². The van der Waals surface area contributed by atoms with E-state index in [-0.39, 0.29) is 0 Å². The Morgan fingerprint density at radius 1 is 1.60 bits per heavy atom. The summed E-state index contributed by atoms with van der Waals surface area (Å²) >= 11 is 0. The van der Waals surface area contributed by atoms with Gasteiger partial charge in [0.15, 0.2) is 0 Å². The van der Waals surface area contributed by atoms with Gasteiger partial charge in [-0.1, -0.05) is 25.5 Å². The van der Waals surface area contributed by atoms with E-state index in [1.54, 1.807) is 5.57 Å². The molecule has 0 aromatic rings. The number of hydrogen-bond donors (Lipinski definition) is 0. The van der Waals surface area contributed by atoms with Crippen LogP contribution in [0.1, 0.15) is 39.5 Å². The first kappa shape index (κ1) is 6.45. The third kappa shape index (κ3) is 0.624. The van der Waals surface area contributed by atoms with Gasteiger partial charge in [0, 0.05) is 0 Å². The van der Waals surface area contributed by atoms with Crippen LogP contribution in [0, 0.1) is 11.3 Å². The van der Waals surface area contributed by atoms with Crippen molar-refractivity contribution in [1.29, 1.82) is 0 Å². The van der Waals surface area contributed by atoms with Crippen LogP contribution in [0.5, 0.6) is 0 Å². The van der Waals surface area contributed by atoms with Crippen molar-refractivity contribution < 1.29 is 0 Å². The monoisotopic (exact) mass is 136 g/mol. The van der Waals surface area contributed by atoms with E-state index in [1.807, 2.05) is 0 Å². The van der Waals surface area contributed by atoms with Crippen molar-refractivity contribution in [3.8, 4) is 0 Å². The average Bonchev–Trinajstić information content (AvgIpc) is 2.36. The minimum Gasteiger partial charge on any atom is -0.0845 e. The predicted octanol–water partition coefficient (Wildman–Crippen LogP) is 3.14. The molecule has 0 aliphatic heterocycles. The van der Waals surface area contributed by atoms with Gasteiger partial charge in [-0.2, -0.15) is 0 Å². The zero-order valence-electron chi connectivity index (χ0n) is 6.98. The van der Waals surface area contributed by atoms with E-state index >= 15 is 0 Å². The Kier molecular flexibility index (Phi) is 1.21. The topological polar surface area (TPSA) is 0 Å². The molecule has 0 unspecified atom stereocenters. The molecule has 0 aromatic heterocycles. The van der Waals surface area contributed by atoms with Gasteiger partial charge in [-0.3, -0.25) is 0 Å². The fraction of sp³-hybridized carbons (Fsp3) is 0.800. The average molecular weight is 136 g/mol. The van der Waals surface area contributed by atoms with E-state index in [9.17, 15) is 0 Å². The fourth-order valence-corrected chi connectivity index (χ4v) is 2.57. The lowest BCUT2D eigenvalue weighted by Crippen LogP contribution is -2.18. The summed E-state index contributed by atoms with van der Waals surface area (Å²) in [5, 5.41) is 0. The number of allylic oxidation sites excluding steroid dienone is 2.